The van der Waals surface area contributed by atoms with Crippen LogP contribution in [-0.4, -0.2) is 31.4 Å². The molecule has 0 bridgehead atoms. The molecule has 1 aliphatic heterocycles. The van der Waals surface area contributed by atoms with Crippen molar-refractivity contribution in [2.45, 2.75) is 32.2 Å². The van der Waals surface area contributed by atoms with E-state index in [0.29, 0.717) is 11.8 Å². The van der Waals surface area contributed by atoms with Gasteiger partial charge >= 0.3 is 5.97 Å². The van der Waals surface area contributed by atoms with Crippen LogP contribution in [0.4, 0.5) is 0 Å². The van der Waals surface area contributed by atoms with Crippen molar-refractivity contribution in [1.82, 2.24) is 5.32 Å². The summed E-state index contributed by atoms with van der Waals surface area (Å²) in [5, 5.41) is 3.39. The summed E-state index contributed by atoms with van der Waals surface area (Å²) in [6, 6.07) is 0.166. The van der Waals surface area contributed by atoms with Crippen LogP contribution in [0.1, 0.15) is 26.2 Å². The molecule has 90 valence electrons. The Kier molecular flexibility index (Phi) is 3.28. The molecule has 4 nitrogen and oxygen atoms in total. The maximum absolute atomic E-state index is 11.7. The van der Waals surface area contributed by atoms with Crippen LogP contribution in [0.2, 0.25) is 0 Å². The average Bonchev–Trinajstić information content (AvgIpc) is 2.87. The lowest BCUT2D eigenvalue weighted by atomic mass is 9.85. The summed E-state index contributed by atoms with van der Waals surface area (Å²) >= 11 is 0. The Morgan fingerprint density at radius 3 is 2.81 bits per heavy atom. The monoisotopic (exact) mass is 225 g/mol. The van der Waals surface area contributed by atoms with Crippen molar-refractivity contribution in [2.75, 3.05) is 13.7 Å². The highest BCUT2D eigenvalue weighted by Crippen LogP contribution is 2.40. The molecule has 4 unspecified atom stereocenters. The minimum atomic E-state index is -0.712. The van der Waals surface area contributed by atoms with E-state index in [-0.39, 0.29) is 12.0 Å². The maximum atomic E-state index is 11.7. The smallest absolute Gasteiger partial charge is 0.374 e. The van der Waals surface area contributed by atoms with Crippen LogP contribution in [0.25, 0.3) is 0 Å². The van der Waals surface area contributed by atoms with Crippen LogP contribution in [0.5, 0.6) is 0 Å². The number of rotatable bonds is 3. The SMILES string of the molecule is COC(=O)C(=O)C(C)C1NCC2CCCC21. The molecule has 16 heavy (non-hydrogen) atoms. The normalized spacial score (nSPS) is 34.5. The van der Waals surface area contributed by atoms with Crippen molar-refractivity contribution in [3.05, 3.63) is 0 Å². The Bertz CT molecular complexity index is 303. The highest BCUT2D eigenvalue weighted by Gasteiger charge is 2.44. The summed E-state index contributed by atoms with van der Waals surface area (Å²) in [6.07, 6.45) is 3.70. The van der Waals surface area contributed by atoms with E-state index in [1.807, 2.05) is 6.92 Å². The molecule has 1 aliphatic carbocycles. The first-order valence-electron chi connectivity index (χ1n) is 6.00. The van der Waals surface area contributed by atoms with Gasteiger partial charge in [0.2, 0.25) is 5.78 Å². The van der Waals surface area contributed by atoms with Crippen LogP contribution in [0.3, 0.4) is 0 Å². The first-order valence-corrected chi connectivity index (χ1v) is 6.00. The summed E-state index contributed by atoms with van der Waals surface area (Å²) in [4.78, 5) is 22.9. The molecule has 2 rings (SSSR count). The minimum Gasteiger partial charge on any atom is -0.463 e. The molecule has 1 N–H and O–H groups in total. The molecular weight excluding hydrogens is 206 g/mol. The van der Waals surface area contributed by atoms with Gasteiger partial charge in [-0.15, -0.1) is 0 Å². The number of hydrogen-bond acceptors (Lipinski definition) is 4. The minimum absolute atomic E-state index is 0.166. The van der Waals surface area contributed by atoms with Crippen LogP contribution in [0, 0.1) is 17.8 Å². The third kappa shape index (κ3) is 1.86. The summed E-state index contributed by atoms with van der Waals surface area (Å²) in [5.41, 5.74) is 0. The van der Waals surface area contributed by atoms with E-state index in [1.54, 1.807) is 0 Å². The van der Waals surface area contributed by atoms with E-state index >= 15 is 0 Å². The molecular formula is C12H19NO3. The topological polar surface area (TPSA) is 55.4 Å². The number of Topliss-reactive ketones (excluding diaryl/α,β-unsaturated/α-hetero) is 1. The van der Waals surface area contributed by atoms with E-state index in [4.69, 9.17) is 0 Å². The van der Waals surface area contributed by atoms with Gasteiger partial charge in [0.25, 0.3) is 0 Å². The molecule has 0 aromatic carbocycles. The number of fused-ring (bicyclic) bond motifs is 1. The van der Waals surface area contributed by atoms with Crippen LogP contribution >= 0.6 is 0 Å². The summed E-state index contributed by atoms with van der Waals surface area (Å²) < 4.78 is 4.49. The van der Waals surface area contributed by atoms with E-state index in [2.05, 4.69) is 10.1 Å². The molecule has 0 amide bonds. The Balaban J connectivity index is 2.02. The van der Waals surface area contributed by atoms with Gasteiger partial charge in [-0.3, -0.25) is 4.79 Å². The third-order valence-electron chi connectivity index (χ3n) is 4.13. The Morgan fingerprint density at radius 1 is 1.38 bits per heavy atom. The maximum Gasteiger partial charge on any atom is 0.374 e. The van der Waals surface area contributed by atoms with Gasteiger partial charge < -0.3 is 10.1 Å². The van der Waals surface area contributed by atoms with E-state index in [1.165, 1.54) is 26.4 Å². The van der Waals surface area contributed by atoms with Gasteiger partial charge in [-0.25, -0.2) is 4.79 Å². The highest BCUT2D eigenvalue weighted by molar-refractivity contribution is 6.34. The zero-order chi connectivity index (χ0) is 11.7. The number of carbonyl (C=O) groups is 2. The molecule has 0 aromatic heterocycles. The van der Waals surface area contributed by atoms with Crippen molar-refractivity contribution >= 4 is 11.8 Å². The third-order valence-corrected chi connectivity index (χ3v) is 4.13. The summed E-state index contributed by atoms with van der Waals surface area (Å²) in [5.74, 6) is -0.0923. The lowest BCUT2D eigenvalue weighted by Crippen LogP contribution is -2.40. The average molecular weight is 225 g/mol. The second-order valence-electron chi connectivity index (χ2n) is 4.93. The van der Waals surface area contributed by atoms with Crippen LogP contribution in [-0.2, 0) is 14.3 Å². The second kappa shape index (κ2) is 4.53. The summed E-state index contributed by atoms with van der Waals surface area (Å²) in [7, 11) is 1.26. The highest BCUT2D eigenvalue weighted by atomic mass is 16.5. The zero-order valence-electron chi connectivity index (χ0n) is 9.86. The fourth-order valence-corrected chi connectivity index (χ4v) is 3.23. The second-order valence-corrected chi connectivity index (χ2v) is 4.93. The van der Waals surface area contributed by atoms with Crippen molar-refractivity contribution in [2.24, 2.45) is 17.8 Å². The molecule has 0 aromatic rings. The van der Waals surface area contributed by atoms with Crippen LogP contribution in [0.15, 0.2) is 0 Å². The number of hydrogen-bond donors (Lipinski definition) is 1. The Morgan fingerprint density at radius 2 is 2.12 bits per heavy atom. The van der Waals surface area contributed by atoms with Gasteiger partial charge in [0, 0.05) is 12.0 Å². The van der Waals surface area contributed by atoms with Crippen molar-refractivity contribution in [3.63, 3.8) is 0 Å². The molecule has 4 atom stereocenters. The zero-order valence-corrected chi connectivity index (χ0v) is 9.86. The predicted molar refractivity (Wildman–Crippen MR) is 58.8 cm³/mol. The Labute approximate surface area is 95.7 Å². The van der Waals surface area contributed by atoms with Crippen molar-refractivity contribution in [3.8, 4) is 0 Å². The standard InChI is InChI=1S/C12H19NO3/c1-7(11(14)12(15)16-2)10-9-5-3-4-8(9)6-13-10/h7-10,13H,3-6H2,1-2H3. The first kappa shape index (κ1) is 11.6. The molecule has 2 fully saturated rings. The van der Waals surface area contributed by atoms with Gasteiger partial charge in [0.1, 0.15) is 0 Å². The quantitative estimate of drug-likeness (QED) is 0.569. The number of nitrogens with one attached hydrogen (secondary N) is 1. The number of ether oxygens (including phenoxy) is 1. The van der Waals surface area contributed by atoms with Crippen molar-refractivity contribution in [1.29, 1.82) is 0 Å². The van der Waals surface area contributed by atoms with Gasteiger partial charge in [-0.05, 0) is 31.2 Å². The van der Waals surface area contributed by atoms with E-state index in [0.717, 1.165) is 6.54 Å². The predicted octanol–water partition coefficient (Wildman–Crippen LogP) is 0.753. The molecule has 0 radical (unpaired) electrons. The fraction of sp³-hybridized carbons (Fsp3) is 0.833. The van der Waals surface area contributed by atoms with Gasteiger partial charge in [-0.1, -0.05) is 13.3 Å². The largest absolute Gasteiger partial charge is 0.463 e. The number of esters is 1. The lowest BCUT2D eigenvalue weighted by molar-refractivity contribution is -0.153. The molecule has 1 saturated heterocycles. The number of ketones is 1. The molecule has 4 heteroatoms. The summed E-state index contributed by atoms with van der Waals surface area (Å²) in [6.45, 7) is 2.83. The molecule has 2 aliphatic rings. The molecule has 1 saturated carbocycles. The molecule has 0 spiro atoms. The Hall–Kier alpha value is -0.900. The number of carbonyl (C=O) groups excluding carboxylic acids is 2. The van der Waals surface area contributed by atoms with E-state index in [9.17, 15) is 9.59 Å². The fourth-order valence-electron chi connectivity index (χ4n) is 3.23. The first-order chi connectivity index (χ1) is 7.65. The van der Waals surface area contributed by atoms with Gasteiger partial charge in [-0.2, -0.15) is 0 Å². The van der Waals surface area contributed by atoms with Gasteiger partial charge in [0.05, 0.1) is 7.11 Å². The lowest BCUT2D eigenvalue weighted by Gasteiger charge is -2.23. The molecule has 1 heterocycles. The van der Waals surface area contributed by atoms with Crippen LogP contribution < -0.4 is 5.32 Å². The van der Waals surface area contributed by atoms with E-state index < -0.39 is 11.8 Å². The number of methoxy groups -OCH3 is 1. The van der Waals surface area contributed by atoms with Crippen molar-refractivity contribution < 1.29 is 14.3 Å². The van der Waals surface area contributed by atoms with Gasteiger partial charge in [0.15, 0.2) is 0 Å².